The number of benzene rings is 1. The van der Waals surface area contributed by atoms with E-state index < -0.39 is 10.0 Å². The summed E-state index contributed by atoms with van der Waals surface area (Å²) in [6, 6.07) is 6.70. The number of rotatable bonds is 5. The summed E-state index contributed by atoms with van der Waals surface area (Å²) in [6.07, 6.45) is 2.37. The van der Waals surface area contributed by atoms with Gasteiger partial charge >= 0.3 is 0 Å². The smallest absolute Gasteiger partial charge is 0.263 e. The first-order valence-electron chi connectivity index (χ1n) is 5.75. The van der Waals surface area contributed by atoms with Gasteiger partial charge in [-0.2, -0.15) is 0 Å². The number of hydrogen-bond acceptors (Lipinski definition) is 5. The number of nitrogens with one attached hydrogen (secondary N) is 1. The van der Waals surface area contributed by atoms with Gasteiger partial charge in [0.15, 0.2) is 5.13 Å². The molecule has 0 atom stereocenters. The highest BCUT2D eigenvalue weighted by Crippen LogP contribution is 2.21. The molecular formula is C12H15N3O2S2. The molecule has 2 aromatic rings. The minimum Gasteiger partial charge on any atom is -0.330 e. The maximum Gasteiger partial charge on any atom is 0.263 e. The zero-order chi connectivity index (χ0) is 13.9. The predicted molar refractivity (Wildman–Crippen MR) is 76.9 cm³/mol. The SMILES string of the molecule is Cc1cnc(NS(=O)(=O)c2ccc(CCN)cc2)s1. The van der Waals surface area contributed by atoms with Crippen molar-refractivity contribution < 1.29 is 8.42 Å². The van der Waals surface area contributed by atoms with Gasteiger partial charge in [0.25, 0.3) is 10.0 Å². The number of sulfonamides is 1. The van der Waals surface area contributed by atoms with E-state index in [1.54, 1.807) is 30.5 Å². The van der Waals surface area contributed by atoms with Crippen LogP contribution in [0.4, 0.5) is 5.13 Å². The average Bonchev–Trinajstić information content (AvgIpc) is 2.75. The summed E-state index contributed by atoms with van der Waals surface area (Å²) < 4.78 is 26.7. The van der Waals surface area contributed by atoms with Crippen LogP contribution in [0.15, 0.2) is 35.4 Å². The summed E-state index contributed by atoms with van der Waals surface area (Å²) in [5.74, 6) is 0. The maximum absolute atomic E-state index is 12.1. The number of aromatic nitrogens is 1. The molecule has 0 saturated carbocycles. The van der Waals surface area contributed by atoms with Gasteiger partial charge in [0, 0.05) is 11.1 Å². The number of nitrogens with zero attached hydrogens (tertiary/aromatic N) is 1. The van der Waals surface area contributed by atoms with E-state index >= 15 is 0 Å². The summed E-state index contributed by atoms with van der Waals surface area (Å²) in [5.41, 5.74) is 6.47. The van der Waals surface area contributed by atoms with Crippen LogP contribution in [0.2, 0.25) is 0 Å². The van der Waals surface area contributed by atoms with Gasteiger partial charge in [-0.1, -0.05) is 12.1 Å². The molecule has 0 aliphatic carbocycles. The van der Waals surface area contributed by atoms with Gasteiger partial charge in [-0.15, -0.1) is 11.3 Å². The normalized spacial score (nSPS) is 11.5. The molecular weight excluding hydrogens is 282 g/mol. The Bertz CT molecular complexity index is 648. The molecule has 0 unspecified atom stereocenters. The van der Waals surface area contributed by atoms with Crippen LogP contribution in [-0.4, -0.2) is 19.9 Å². The Kier molecular flexibility index (Phi) is 4.18. The van der Waals surface area contributed by atoms with E-state index in [2.05, 4.69) is 9.71 Å². The minimum absolute atomic E-state index is 0.223. The van der Waals surface area contributed by atoms with Crippen molar-refractivity contribution >= 4 is 26.5 Å². The molecule has 0 saturated heterocycles. The van der Waals surface area contributed by atoms with Gasteiger partial charge < -0.3 is 5.73 Å². The van der Waals surface area contributed by atoms with Crippen molar-refractivity contribution in [2.45, 2.75) is 18.2 Å². The van der Waals surface area contributed by atoms with Gasteiger partial charge in [-0.05, 0) is 37.6 Å². The van der Waals surface area contributed by atoms with Crippen molar-refractivity contribution in [2.75, 3.05) is 11.3 Å². The molecule has 0 bridgehead atoms. The highest BCUT2D eigenvalue weighted by molar-refractivity contribution is 7.93. The van der Waals surface area contributed by atoms with Crippen molar-refractivity contribution in [3.63, 3.8) is 0 Å². The second kappa shape index (κ2) is 5.68. The van der Waals surface area contributed by atoms with E-state index in [0.29, 0.717) is 11.7 Å². The molecule has 1 aromatic heterocycles. The summed E-state index contributed by atoms with van der Waals surface area (Å²) in [6.45, 7) is 2.42. The van der Waals surface area contributed by atoms with E-state index in [1.807, 2.05) is 6.92 Å². The number of nitrogens with two attached hydrogens (primary N) is 1. The van der Waals surface area contributed by atoms with Crippen molar-refractivity contribution in [2.24, 2.45) is 5.73 Å². The van der Waals surface area contributed by atoms with E-state index in [0.717, 1.165) is 16.9 Å². The third-order valence-electron chi connectivity index (χ3n) is 2.51. The van der Waals surface area contributed by atoms with Crippen LogP contribution in [0.1, 0.15) is 10.4 Å². The Balaban J connectivity index is 2.19. The molecule has 0 aliphatic rings. The second-order valence-corrected chi connectivity index (χ2v) is 6.98. The molecule has 0 amide bonds. The standard InChI is InChI=1S/C12H15N3O2S2/c1-9-8-14-12(18-9)15-19(16,17)11-4-2-10(3-5-11)6-7-13/h2-5,8H,6-7,13H2,1H3,(H,14,15). The van der Waals surface area contributed by atoms with Gasteiger partial charge in [0.2, 0.25) is 0 Å². The lowest BCUT2D eigenvalue weighted by molar-refractivity contribution is 0.601. The number of anilines is 1. The highest BCUT2D eigenvalue weighted by Gasteiger charge is 2.15. The molecule has 0 fully saturated rings. The molecule has 2 rings (SSSR count). The zero-order valence-electron chi connectivity index (χ0n) is 10.5. The molecule has 7 heteroatoms. The van der Waals surface area contributed by atoms with Crippen LogP contribution in [0.25, 0.3) is 0 Å². The van der Waals surface area contributed by atoms with E-state index in [4.69, 9.17) is 5.73 Å². The third-order valence-corrected chi connectivity index (χ3v) is 4.82. The lowest BCUT2D eigenvalue weighted by atomic mass is 10.2. The molecule has 19 heavy (non-hydrogen) atoms. The molecule has 5 nitrogen and oxygen atoms in total. The van der Waals surface area contributed by atoms with Crippen LogP contribution in [-0.2, 0) is 16.4 Å². The van der Waals surface area contributed by atoms with Crippen LogP contribution < -0.4 is 10.5 Å². The van der Waals surface area contributed by atoms with E-state index in [9.17, 15) is 8.42 Å². The Morgan fingerprint density at radius 2 is 2.00 bits per heavy atom. The number of aryl methyl sites for hydroxylation is 1. The Morgan fingerprint density at radius 3 is 2.53 bits per heavy atom. The van der Waals surface area contributed by atoms with Crippen molar-refractivity contribution in [3.05, 3.63) is 40.9 Å². The third kappa shape index (κ3) is 3.52. The molecule has 1 heterocycles. The first-order valence-corrected chi connectivity index (χ1v) is 8.05. The Morgan fingerprint density at radius 1 is 1.32 bits per heavy atom. The van der Waals surface area contributed by atoms with Crippen molar-refractivity contribution in [1.29, 1.82) is 0 Å². The fraction of sp³-hybridized carbons (Fsp3) is 0.250. The predicted octanol–water partition coefficient (Wildman–Crippen LogP) is 1.75. The largest absolute Gasteiger partial charge is 0.330 e. The van der Waals surface area contributed by atoms with Crippen LogP contribution >= 0.6 is 11.3 Å². The lowest BCUT2D eigenvalue weighted by Crippen LogP contribution is -2.12. The Labute approximate surface area is 116 Å². The van der Waals surface area contributed by atoms with Gasteiger partial charge in [-0.25, -0.2) is 13.4 Å². The fourth-order valence-corrected chi connectivity index (χ4v) is 3.48. The summed E-state index contributed by atoms with van der Waals surface area (Å²) in [5, 5.41) is 0.378. The molecule has 3 N–H and O–H groups in total. The minimum atomic E-state index is -3.57. The molecule has 0 spiro atoms. The van der Waals surface area contributed by atoms with Crippen molar-refractivity contribution in [3.8, 4) is 0 Å². The molecule has 1 aromatic carbocycles. The van der Waals surface area contributed by atoms with Crippen molar-refractivity contribution in [1.82, 2.24) is 4.98 Å². The Hall–Kier alpha value is -1.44. The van der Waals surface area contributed by atoms with E-state index in [-0.39, 0.29) is 4.90 Å². The maximum atomic E-state index is 12.1. The summed E-state index contributed by atoms with van der Waals surface area (Å²) >= 11 is 1.30. The summed E-state index contributed by atoms with van der Waals surface area (Å²) in [4.78, 5) is 5.16. The van der Waals surface area contributed by atoms with Crippen LogP contribution in [0.5, 0.6) is 0 Å². The van der Waals surface area contributed by atoms with Crippen LogP contribution in [0.3, 0.4) is 0 Å². The average molecular weight is 297 g/mol. The molecule has 0 radical (unpaired) electrons. The molecule has 0 aliphatic heterocycles. The monoisotopic (exact) mass is 297 g/mol. The van der Waals surface area contributed by atoms with Gasteiger partial charge in [0.1, 0.15) is 0 Å². The summed E-state index contributed by atoms with van der Waals surface area (Å²) in [7, 11) is -3.57. The highest BCUT2D eigenvalue weighted by atomic mass is 32.2. The number of thiazole rings is 1. The van der Waals surface area contributed by atoms with E-state index in [1.165, 1.54) is 11.3 Å². The second-order valence-electron chi connectivity index (χ2n) is 4.06. The fourth-order valence-electron chi connectivity index (χ4n) is 1.58. The zero-order valence-corrected chi connectivity index (χ0v) is 12.1. The first kappa shape index (κ1) is 14.0. The van der Waals surface area contributed by atoms with Gasteiger partial charge in [-0.3, -0.25) is 4.72 Å². The molecule has 102 valence electrons. The topological polar surface area (TPSA) is 85.1 Å². The van der Waals surface area contributed by atoms with Crippen LogP contribution in [0, 0.1) is 6.92 Å². The first-order chi connectivity index (χ1) is 9.01. The van der Waals surface area contributed by atoms with Gasteiger partial charge in [0.05, 0.1) is 4.90 Å². The quantitative estimate of drug-likeness (QED) is 0.880. The number of hydrogen-bond donors (Lipinski definition) is 2. The lowest BCUT2D eigenvalue weighted by Gasteiger charge is -2.06.